The van der Waals surface area contributed by atoms with Crippen molar-refractivity contribution in [1.29, 1.82) is 0 Å². The topological polar surface area (TPSA) is 49.4 Å². The van der Waals surface area contributed by atoms with Crippen LogP contribution in [0.2, 0.25) is 0 Å². The Bertz CT molecular complexity index is 338. The van der Waals surface area contributed by atoms with Gasteiger partial charge in [0.15, 0.2) is 0 Å². The molecule has 2 amide bonds. The molecular formula is C13H22N2O2. The lowest BCUT2D eigenvalue weighted by atomic mass is 9.92. The summed E-state index contributed by atoms with van der Waals surface area (Å²) in [5.74, 6) is -0.0746. The lowest BCUT2D eigenvalue weighted by molar-refractivity contribution is -0.138. The van der Waals surface area contributed by atoms with Crippen LogP contribution in [0.15, 0.2) is 0 Å². The predicted molar refractivity (Wildman–Crippen MR) is 65.4 cm³/mol. The van der Waals surface area contributed by atoms with Gasteiger partial charge >= 0.3 is 0 Å². The summed E-state index contributed by atoms with van der Waals surface area (Å²) in [7, 11) is 0. The van der Waals surface area contributed by atoms with Crippen LogP contribution in [0.1, 0.15) is 46.5 Å². The standard InChI is InChI=1S/C13H22N2O2/c1-4-15-11(16)7-10(12(15)17)14-9-5-6-13(2,3)8-9/h9-10,14H,4-8H2,1-3H3. The van der Waals surface area contributed by atoms with E-state index < -0.39 is 0 Å². The number of nitrogens with zero attached hydrogens (tertiary/aromatic N) is 1. The second-order valence-corrected chi connectivity index (χ2v) is 6.00. The van der Waals surface area contributed by atoms with Gasteiger partial charge in [0.2, 0.25) is 11.8 Å². The number of rotatable bonds is 3. The zero-order chi connectivity index (χ0) is 12.6. The average molecular weight is 238 g/mol. The summed E-state index contributed by atoms with van der Waals surface area (Å²) < 4.78 is 0. The SMILES string of the molecule is CCN1C(=O)CC(NC2CCC(C)(C)C2)C1=O. The van der Waals surface area contributed by atoms with Crippen molar-refractivity contribution in [3.8, 4) is 0 Å². The molecule has 2 atom stereocenters. The number of nitrogens with one attached hydrogen (secondary N) is 1. The third-order valence-electron chi connectivity index (χ3n) is 3.97. The molecule has 0 aromatic carbocycles. The summed E-state index contributed by atoms with van der Waals surface area (Å²) in [6, 6.07) is 0.116. The van der Waals surface area contributed by atoms with Crippen LogP contribution in [0.4, 0.5) is 0 Å². The Balaban J connectivity index is 1.93. The van der Waals surface area contributed by atoms with Crippen molar-refractivity contribution in [2.75, 3.05) is 6.54 Å². The molecule has 1 heterocycles. The van der Waals surface area contributed by atoms with Gasteiger partial charge in [-0.1, -0.05) is 13.8 Å². The van der Waals surface area contributed by atoms with Crippen LogP contribution in [0, 0.1) is 5.41 Å². The lowest BCUT2D eigenvalue weighted by Crippen LogP contribution is -2.43. The smallest absolute Gasteiger partial charge is 0.246 e. The molecule has 0 aromatic rings. The fraction of sp³-hybridized carbons (Fsp3) is 0.846. The van der Waals surface area contributed by atoms with Crippen molar-refractivity contribution in [3.63, 3.8) is 0 Å². The van der Waals surface area contributed by atoms with Crippen LogP contribution in [0.25, 0.3) is 0 Å². The molecular weight excluding hydrogens is 216 g/mol. The van der Waals surface area contributed by atoms with E-state index in [0.717, 1.165) is 12.8 Å². The highest BCUT2D eigenvalue weighted by Gasteiger charge is 2.40. The molecule has 2 unspecified atom stereocenters. The lowest BCUT2D eigenvalue weighted by Gasteiger charge is -2.20. The molecule has 17 heavy (non-hydrogen) atoms. The Morgan fingerprint density at radius 2 is 2.12 bits per heavy atom. The molecule has 2 fully saturated rings. The highest BCUT2D eigenvalue weighted by molar-refractivity contribution is 6.05. The van der Waals surface area contributed by atoms with Gasteiger partial charge < -0.3 is 5.32 Å². The maximum atomic E-state index is 11.9. The first-order chi connectivity index (χ1) is 7.93. The Kier molecular flexibility index (Phi) is 3.25. The van der Waals surface area contributed by atoms with Crippen molar-refractivity contribution in [2.45, 2.75) is 58.5 Å². The second-order valence-electron chi connectivity index (χ2n) is 6.00. The average Bonchev–Trinajstić information content (AvgIpc) is 2.69. The van der Waals surface area contributed by atoms with Crippen LogP contribution in [-0.2, 0) is 9.59 Å². The van der Waals surface area contributed by atoms with E-state index in [2.05, 4.69) is 19.2 Å². The second kappa shape index (κ2) is 4.41. The fourth-order valence-electron chi connectivity index (χ4n) is 3.01. The van der Waals surface area contributed by atoms with Crippen LogP contribution in [0.3, 0.4) is 0 Å². The number of carbonyl (C=O) groups is 2. The number of likely N-dealkylation sites (tertiary alicyclic amines) is 1. The zero-order valence-electron chi connectivity index (χ0n) is 11.0. The maximum absolute atomic E-state index is 11.9. The highest BCUT2D eigenvalue weighted by atomic mass is 16.2. The van der Waals surface area contributed by atoms with E-state index in [0.29, 0.717) is 24.4 Å². The third kappa shape index (κ3) is 2.51. The zero-order valence-corrected chi connectivity index (χ0v) is 11.0. The largest absolute Gasteiger partial charge is 0.303 e. The van der Waals surface area contributed by atoms with Gasteiger partial charge in [0.05, 0.1) is 12.5 Å². The fourth-order valence-corrected chi connectivity index (χ4v) is 3.01. The molecule has 1 saturated heterocycles. The van der Waals surface area contributed by atoms with Crippen LogP contribution in [0.5, 0.6) is 0 Å². The van der Waals surface area contributed by atoms with E-state index in [4.69, 9.17) is 0 Å². The van der Waals surface area contributed by atoms with E-state index in [1.165, 1.54) is 11.3 Å². The van der Waals surface area contributed by atoms with Crippen LogP contribution in [-0.4, -0.2) is 35.3 Å². The van der Waals surface area contributed by atoms with Crippen molar-refractivity contribution >= 4 is 11.8 Å². The van der Waals surface area contributed by atoms with Crippen molar-refractivity contribution in [1.82, 2.24) is 10.2 Å². The van der Waals surface area contributed by atoms with Gasteiger partial charge in [0.25, 0.3) is 0 Å². The maximum Gasteiger partial charge on any atom is 0.246 e. The first-order valence-electron chi connectivity index (χ1n) is 6.53. The number of likely N-dealkylation sites (N-methyl/N-ethyl adjacent to an activating group) is 1. The number of hydrogen-bond acceptors (Lipinski definition) is 3. The molecule has 0 aromatic heterocycles. The minimum absolute atomic E-state index is 0.0349. The van der Waals surface area contributed by atoms with Gasteiger partial charge in [-0.2, -0.15) is 0 Å². The summed E-state index contributed by atoms with van der Waals surface area (Å²) in [6.07, 6.45) is 3.73. The molecule has 2 aliphatic rings. The molecule has 0 radical (unpaired) electrons. The number of carbonyl (C=O) groups excluding carboxylic acids is 2. The van der Waals surface area contributed by atoms with Gasteiger partial charge in [-0.05, 0) is 31.6 Å². The summed E-state index contributed by atoms with van der Waals surface area (Å²) >= 11 is 0. The molecule has 0 spiro atoms. The monoisotopic (exact) mass is 238 g/mol. The van der Waals surface area contributed by atoms with E-state index in [-0.39, 0.29) is 17.9 Å². The molecule has 4 heteroatoms. The molecule has 1 aliphatic heterocycles. The van der Waals surface area contributed by atoms with Crippen molar-refractivity contribution < 1.29 is 9.59 Å². The Hall–Kier alpha value is -0.900. The number of imide groups is 1. The Morgan fingerprint density at radius 1 is 1.41 bits per heavy atom. The van der Waals surface area contributed by atoms with Gasteiger partial charge in [0.1, 0.15) is 0 Å². The molecule has 4 nitrogen and oxygen atoms in total. The first kappa shape index (κ1) is 12.6. The van der Waals surface area contributed by atoms with Crippen LogP contribution >= 0.6 is 0 Å². The molecule has 1 aliphatic carbocycles. The van der Waals surface area contributed by atoms with Crippen molar-refractivity contribution in [3.05, 3.63) is 0 Å². The predicted octanol–water partition coefficient (Wildman–Crippen LogP) is 1.30. The summed E-state index contributed by atoms with van der Waals surface area (Å²) in [6.45, 7) is 6.85. The van der Waals surface area contributed by atoms with Crippen LogP contribution < -0.4 is 5.32 Å². The van der Waals surface area contributed by atoms with E-state index >= 15 is 0 Å². The Morgan fingerprint density at radius 3 is 2.59 bits per heavy atom. The number of amides is 2. The minimum Gasteiger partial charge on any atom is -0.303 e. The molecule has 0 bridgehead atoms. The Labute approximate surface area is 103 Å². The van der Waals surface area contributed by atoms with Gasteiger partial charge in [-0.3, -0.25) is 14.5 Å². The van der Waals surface area contributed by atoms with Gasteiger partial charge in [-0.15, -0.1) is 0 Å². The van der Waals surface area contributed by atoms with E-state index in [1.807, 2.05) is 6.92 Å². The minimum atomic E-state index is -0.277. The van der Waals surface area contributed by atoms with Crippen molar-refractivity contribution in [2.24, 2.45) is 5.41 Å². The summed E-state index contributed by atoms with van der Waals surface area (Å²) in [5, 5.41) is 3.37. The van der Waals surface area contributed by atoms with E-state index in [9.17, 15) is 9.59 Å². The normalized spacial score (nSPS) is 32.5. The van der Waals surface area contributed by atoms with E-state index in [1.54, 1.807) is 0 Å². The first-order valence-corrected chi connectivity index (χ1v) is 6.53. The highest BCUT2D eigenvalue weighted by Crippen LogP contribution is 2.37. The molecule has 96 valence electrons. The van der Waals surface area contributed by atoms with Gasteiger partial charge in [-0.25, -0.2) is 0 Å². The summed E-state index contributed by atoms with van der Waals surface area (Å²) in [5.41, 5.74) is 0.369. The van der Waals surface area contributed by atoms with Gasteiger partial charge in [0, 0.05) is 12.6 Å². The molecule has 1 saturated carbocycles. The molecule has 2 rings (SSSR count). The quantitative estimate of drug-likeness (QED) is 0.754. The summed E-state index contributed by atoms with van der Waals surface area (Å²) in [4.78, 5) is 24.9. The molecule has 1 N–H and O–H groups in total. The third-order valence-corrected chi connectivity index (χ3v) is 3.97. The number of hydrogen-bond donors (Lipinski definition) is 1.